The van der Waals surface area contributed by atoms with Gasteiger partial charge in [0.15, 0.2) is 11.6 Å². The van der Waals surface area contributed by atoms with E-state index in [1.165, 1.54) is 12.1 Å². The Hall–Kier alpha value is -1.59. The second-order valence-corrected chi connectivity index (χ2v) is 6.93. The van der Waals surface area contributed by atoms with E-state index in [0.717, 1.165) is 31.2 Å². The average Bonchev–Trinajstić information content (AvgIpc) is 2.52. The van der Waals surface area contributed by atoms with Crippen molar-refractivity contribution in [3.8, 4) is 0 Å². The molecule has 0 aromatic heterocycles. The minimum absolute atomic E-state index is 0.0153. The maximum Gasteiger partial charge on any atom is 0.235 e. The molecular formula is C16H19F2N2O2PS. The molecule has 4 nitrogen and oxygen atoms in total. The predicted octanol–water partition coefficient (Wildman–Crippen LogP) is 4.66. The lowest BCUT2D eigenvalue weighted by Gasteiger charge is -2.23. The number of halogens is 2. The Balaban J connectivity index is 2.07. The Labute approximate surface area is 146 Å². The summed E-state index contributed by atoms with van der Waals surface area (Å²) in [6.45, 7) is 3.57. The first-order valence-corrected chi connectivity index (χ1v) is 8.85. The van der Waals surface area contributed by atoms with Crippen molar-refractivity contribution < 1.29 is 18.7 Å². The predicted molar refractivity (Wildman–Crippen MR) is 97.0 cm³/mol. The Morgan fingerprint density at radius 2 is 2.08 bits per heavy atom. The molecule has 0 aliphatic heterocycles. The molecule has 1 aromatic carbocycles. The van der Waals surface area contributed by atoms with E-state index in [4.69, 9.17) is 0 Å². The fourth-order valence-electron chi connectivity index (χ4n) is 2.42. The van der Waals surface area contributed by atoms with Crippen molar-refractivity contribution in [2.45, 2.75) is 31.1 Å². The third-order valence-electron chi connectivity index (χ3n) is 3.59. The Bertz CT molecular complexity index is 659. The second-order valence-electron chi connectivity index (χ2n) is 5.40. The van der Waals surface area contributed by atoms with Crippen LogP contribution in [0.4, 0.5) is 19.3 Å². The van der Waals surface area contributed by atoms with E-state index in [9.17, 15) is 18.7 Å². The van der Waals surface area contributed by atoms with E-state index in [0.29, 0.717) is 11.1 Å². The van der Waals surface area contributed by atoms with Crippen LogP contribution in [-0.2, 0) is 6.54 Å². The molecule has 24 heavy (non-hydrogen) atoms. The van der Waals surface area contributed by atoms with E-state index >= 15 is 0 Å². The molecule has 2 unspecified atom stereocenters. The van der Waals surface area contributed by atoms with E-state index in [2.05, 4.69) is 16.6 Å². The lowest BCUT2D eigenvalue weighted by atomic mass is 9.98. The number of nitrogens with one attached hydrogen (secondary N) is 2. The van der Waals surface area contributed by atoms with Crippen molar-refractivity contribution in [3.63, 3.8) is 0 Å². The largest absolute Gasteiger partial charge is 0.508 e. The van der Waals surface area contributed by atoms with E-state index < -0.39 is 11.6 Å². The van der Waals surface area contributed by atoms with Crippen LogP contribution >= 0.6 is 21.2 Å². The first-order valence-electron chi connectivity index (χ1n) is 7.39. The van der Waals surface area contributed by atoms with Gasteiger partial charge in [-0.25, -0.2) is 8.78 Å². The molecule has 1 aliphatic carbocycles. The van der Waals surface area contributed by atoms with Crippen molar-refractivity contribution in [1.29, 1.82) is 0 Å². The van der Waals surface area contributed by atoms with Gasteiger partial charge in [0, 0.05) is 12.1 Å². The van der Waals surface area contributed by atoms with Crippen LogP contribution in [-0.4, -0.2) is 16.0 Å². The number of aliphatic hydroxyl groups excluding tert-OH is 1. The summed E-state index contributed by atoms with van der Waals surface area (Å²) in [5.41, 5.74) is 0.432. The van der Waals surface area contributed by atoms with Crippen LogP contribution in [0.3, 0.4) is 0 Å². The molecule has 0 spiro atoms. The van der Waals surface area contributed by atoms with Crippen molar-refractivity contribution in [3.05, 3.63) is 53.3 Å². The third-order valence-corrected chi connectivity index (χ3v) is 4.89. The second kappa shape index (κ2) is 8.49. The van der Waals surface area contributed by atoms with Crippen molar-refractivity contribution in [2.75, 3.05) is 4.72 Å². The summed E-state index contributed by atoms with van der Waals surface area (Å²) in [6.07, 6.45) is 4.47. The molecule has 2 atom stereocenters. The summed E-state index contributed by atoms with van der Waals surface area (Å²) in [6, 6.07) is 2.35. The van der Waals surface area contributed by atoms with Crippen molar-refractivity contribution in [1.82, 2.24) is 5.32 Å². The van der Waals surface area contributed by atoms with Crippen LogP contribution in [0.5, 0.6) is 0 Å². The summed E-state index contributed by atoms with van der Waals surface area (Å²) in [4.78, 5) is 10.8. The highest BCUT2D eigenvalue weighted by molar-refractivity contribution is 8.01. The number of benzene rings is 1. The normalized spacial score (nSPS) is 17.1. The number of amides is 1. The van der Waals surface area contributed by atoms with Crippen molar-refractivity contribution in [2.24, 2.45) is 0 Å². The van der Waals surface area contributed by atoms with Gasteiger partial charge in [0.05, 0.1) is 5.25 Å². The summed E-state index contributed by atoms with van der Waals surface area (Å²) >= 11 is 1.15. The molecule has 0 saturated heterocycles. The van der Waals surface area contributed by atoms with Crippen LogP contribution in [0.25, 0.3) is 0 Å². The van der Waals surface area contributed by atoms with Gasteiger partial charge in [-0.3, -0.25) is 4.79 Å². The van der Waals surface area contributed by atoms with Gasteiger partial charge in [0.1, 0.15) is 11.4 Å². The molecule has 1 aliphatic rings. The summed E-state index contributed by atoms with van der Waals surface area (Å²) in [5, 5.41) is 11.9. The van der Waals surface area contributed by atoms with Gasteiger partial charge >= 0.3 is 0 Å². The number of rotatable bonds is 6. The van der Waals surface area contributed by atoms with Crippen LogP contribution in [0, 0.1) is 11.6 Å². The molecule has 2 rings (SSSR count). The maximum absolute atomic E-state index is 14.1. The Kier molecular flexibility index (Phi) is 6.63. The smallest absolute Gasteiger partial charge is 0.235 e. The molecule has 1 amide bonds. The summed E-state index contributed by atoms with van der Waals surface area (Å²) < 4.78 is 31.0. The Morgan fingerprint density at radius 3 is 2.67 bits per heavy atom. The van der Waals surface area contributed by atoms with Crippen LogP contribution in [0.2, 0.25) is 0 Å². The standard InChI is InChI=1S/C16H19F2N2O2PS/c1-9(21)11-4-2-3-5-14(11)24-20-15-12(17)6-10(7-13(15)18)8-19-16(22)23/h4,6-7,14,20-21H,1-3,5,8,23H2,(H,19,22). The molecular weight excluding hydrogens is 353 g/mol. The molecule has 0 saturated carbocycles. The Morgan fingerprint density at radius 1 is 1.42 bits per heavy atom. The van der Waals surface area contributed by atoms with E-state index in [1.54, 1.807) is 0 Å². The molecule has 0 radical (unpaired) electrons. The first kappa shape index (κ1) is 18.7. The van der Waals surface area contributed by atoms with Gasteiger partial charge < -0.3 is 15.1 Å². The number of hydrogen-bond donors (Lipinski definition) is 3. The van der Waals surface area contributed by atoms with Crippen LogP contribution in [0.1, 0.15) is 24.8 Å². The molecule has 0 bridgehead atoms. The van der Waals surface area contributed by atoms with Gasteiger partial charge in [-0.2, -0.15) is 0 Å². The number of allylic oxidation sites excluding steroid dienone is 2. The zero-order chi connectivity index (χ0) is 17.7. The van der Waals surface area contributed by atoms with Gasteiger partial charge in [-0.05, 0) is 58.1 Å². The molecule has 0 fully saturated rings. The molecule has 8 heteroatoms. The maximum atomic E-state index is 14.1. The minimum atomic E-state index is -0.736. The first-order chi connectivity index (χ1) is 11.4. The molecule has 3 N–H and O–H groups in total. The average molecular weight is 372 g/mol. The lowest BCUT2D eigenvalue weighted by molar-refractivity contribution is 0.260. The molecule has 0 heterocycles. The molecule has 1 aromatic rings. The van der Waals surface area contributed by atoms with Gasteiger partial charge in [0.25, 0.3) is 0 Å². The highest BCUT2D eigenvalue weighted by atomic mass is 32.2. The number of carbonyl (C=O) groups is 1. The monoisotopic (exact) mass is 372 g/mol. The third kappa shape index (κ3) is 4.95. The topological polar surface area (TPSA) is 61.4 Å². The number of anilines is 1. The van der Waals surface area contributed by atoms with Crippen LogP contribution < -0.4 is 10.0 Å². The molecule has 130 valence electrons. The van der Waals surface area contributed by atoms with Gasteiger partial charge in [0.2, 0.25) is 5.65 Å². The van der Waals surface area contributed by atoms with Crippen molar-refractivity contribution >= 4 is 32.5 Å². The van der Waals surface area contributed by atoms with E-state index in [-0.39, 0.29) is 28.9 Å². The number of aliphatic hydroxyl groups is 1. The fourth-order valence-corrected chi connectivity index (χ4v) is 3.62. The van der Waals surface area contributed by atoms with Crippen LogP contribution in [0.15, 0.2) is 36.1 Å². The SMILES string of the molecule is C=C(O)C1=CCCCC1SNc1c(F)cc(CNC(=O)P)cc1F. The quantitative estimate of drug-likeness (QED) is 0.386. The van der Waals surface area contributed by atoms with E-state index in [1.807, 2.05) is 15.3 Å². The van der Waals surface area contributed by atoms with Gasteiger partial charge in [-0.15, -0.1) is 0 Å². The zero-order valence-corrected chi connectivity index (χ0v) is 14.9. The summed E-state index contributed by atoms with van der Waals surface area (Å²) in [7, 11) is 1.94. The number of hydrogen-bond acceptors (Lipinski definition) is 4. The minimum Gasteiger partial charge on any atom is -0.508 e. The number of carbonyl (C=O) groups excluding carboxylic acids is 1. The summed E-state index contributed by atoms with van der Waals surface area (Å²) in [5.74, 6) is -1.49. The fraction of sp³-hybridized carbons (Fsp3) is 0.312. The lowest BCUT2D eigenvalue weighted by Crippen LogP contribution is -2.16. The highest BCUT2D eigenvalue weighted by Crippen LogP contribution is 2.34. The zero-order valence-electron chi connectivity index (χ0n) is 12.9. The highest BCUT2D eigenvalue weighted by Gasteiger charge is 2.22. The van der Waals surface area contributed by atoms with Gasteiger partial charge in [-0.1, -0.05) is 12.7 Å².